The minimum absolute atomic E-state index is 0.0314. The molecule has 2 aromatic rings. The molecule has 1 saturated heterocycles. The van der Waals surface area contributed by atoms with Crippen LogP contribution < -0.4 is 24.8 Å². The zero-order valence-electron chi connectivity index (χ0n) is 32.4. The van der Waals surface area contributed by atoms with Gasteiger partial charge in [-0.3, -0.25) is 19.1 Å². The minimum Gasteiger partial charge on any atom is -0.494 e. The zero-order valence-corrected chi connectivity index (χ0v) is 33.2. The van der Waals surface area contributed by atoms with E-state index in [9.17, 15) is 45.2 Å². The fourth-order valence-corrected chi connectivity index (χ4v) is 8.76. The number of pyridine rings is 1. The van der Waals surface area contributed by atoms with Crippen molar-refractivity contribution in [2.45, 2.75) is 106 Å². The highest BCUT2D eigenvalue weighted by Gasteiger charge is 2.62. The maximum absolute atomic E-state index is 14.9. The number of sulfonamides is 1. The number of nitrogens with one attached hydrogen (secondary N) is 3. The molecule has 318 valence electrons. The van der Waals surface area contributed by atoms with Crippen LogP contribution in [0.1, 0.15) is 65.2 Å². The van der Waals surface area contributed by atoms with E-state index in [0.717, 1.165) is 11.0 Å². The van der Waals surface area contributed by atoms with Gasteiger partial charge in [-0.05, 0) is 76.0 Å². The van der Waals surface area contributed by atoms with Gasteiger partial charge in [-0.15, -0.1) is 0 Å². The number of hydrogen-bond donors (Lipinski definition) is 3. The van der Waals surface area contributed by atoms with E-state index < -0.39 is 92.2 Å². The van der Waals surface area contributed by atoms with Crippen molar-refractivity contribution >= 4 is 44.6 Å². The first kappa shape index (κ1) is 42.9. The molecule has 4 amide bonds. The monoisotopic (exact) mass is 841 g/mol. The summed E-state index contributed by atoms with van der Waals surface area (Å²) in [6.45, 7) is 0.872. The lowest BCUT2D eigenvalue weighted by Gasteiger charge is -2.34. The molecular formula is C38H47F4N5O10S. The molecule has 0 spiro atoms. The van der Waals surface area contributed by atoms with E-state index >= 15 is 0 Å². The first-order chi connectivity index (χ1) is 27.3. The lowest BCUT2D eigenvalue weighted by Crippen LogP contribution is -2.60. The number of hydrogen-bond acceptors (Lipinski definition) is 11. The van der Waals surface area contributed by atoms with Crippen LogP contribution in [0.15, 0.2) is 36.5 Å². The van der Waals surface area contributed by atoms with Crippen molar-refractivity contribution in [2.75, 3.05) is 27.4 Å². The zero-order chi connectivity index (χ0) is 42.2. The minimum atomic E-state index is -4.96. The van der Waals surface area contributed by atoms with Crippen LogP contribution in [0.2, 0.25) is 0 Å². The van der Waals surface area contributed by atoms with E-state index in [-0.39, 0.29) is 49.4 Å². The van der Waals surface area contributed by atoms with Crippen molar-refractivity contribution in [3.63, 3.8) is 0 Å². The largest absolute Gasteiger partial charge is 0.494 e. The number of carbonyl (C=O) groups excluding carboxylic acids is 4. The first-order valence-electron chi connectivity index (χ1n) is 19.0. The third-order valence-electron chi connectivity index (χ3n) is 11.1. The Bertz CT molecular complexity index is 2060. The van der Waals surface area contributed by atoms with Gasteiger partial charge < -0.3 is 34.5 Å². The van der Waals surface area contributed by atoms with E-state index in [0.29, 0.717) is 51.3 Å². The van der Waals surface area contributed by atoms with E-state index in [2.05, 4.69) is 20.3 Å². The van der Waals surface area contributed by atoms with Crippen LogP contribution in [0, 0.1) is 17.7 Å². The maximum Gasteiger partial charge on any atom is 0.427 e. The van der Waals surface area contributed by atoms with Crippen LogP contribution in [0.4, 0.5) is 22.4 Å². The molecule has 15 nitrogen and oxygen atoms in total. The van der Waals surface area contributed by atoms with E-state index in [1.54, 1.807) is 12.1 Å². The SMILES string of the molecule is COCC1CCCCC=CC2CC2(C(=O)NS(=O)(=O)C2CC2)NC(=O)C2CC(Oc3nccc4cc(OC)c(F)cc34)CN2C(=O)C1NC(=O)OC(C)(C)C(F)(F)F. The van der Waals surface area contributed by atoms with Crippen molar-refractivity contribution < 1.29 is 64.1 Å². The highest BCUT2D eigenvalue weighted by molar-refractivity contribution is 7.91. The second kappa shape index (κ2) is 16.5. The van der Waals surface area contributed by atoms with Crippen LogP contribution in [0.3, 0.4) is 0 Å². The quantitative estimate of drug-likeness (QED) is 0.231. The van der Waals surface area contributed by atoms with Crippen molar-refractivity contribution in [2.24, 2.45) is 11.8 Å². The Hall–Kier alpha value is -4.72. The molecular weight excluding hydrogens is 795 g/mol. The predicted octanol–water partition coefficient (Wildman–Crippen LogP) is 4.04. The summed E-state index contributed by atoms with van der Waals surface area (Å²) in [5.74, 6) is -4.84. The summed E-state index contributed by atoms with van der Waals surface area (Å²) >= 11 is 0. The van der Waals surface area contributed by atoms with Gasteiger partial charge in [-0.1, -0.05) is 18.6 Å². The van der Waals surface area contributed by atoms with Gasteiger partial charge in [-0.2, -0.15) is 13.2 Å². The lowest BCUT2D eigenvalue weighted by molar-refractivity contribution is -0.244. The van der Waals surface area contributed by atoms with Gasteiger partial charge in [0.1, 0.15) is 23.7 Å². The second-order valence-electron chi connectivity index (χ2n) is 15.7. The van der Waals surface area contributed by atoms with Crippen molar-refractivity contribution in [1.29, 1.82) is 0 Å². The molecule has 6 unspecified atom stereocenters. The van der Waals surface area contributed by atoms with Crippen molar-refractivity contribution in [1.82, 2.24) is 25.2 Å². The summed E-state index contributed by atoms with van der Waals surface area (Å²) in [6, 6.07) is 1.20. The average Bonchev–Trinajstić information content (AvgIpc) is 4.07. The third kappa shape index (κ3) is 9.11. The number of amides is 4. The van der Waals surface area contributed by atoms with Gasteiger partial charge in [0.25, 0.3) is 5.91 Å². The Kier molecular flexibility index (Phi) is 12.2. The number of aromatic nitrogens is 1. The Morgan fingerprint density at radius 1 is 1.10 bits per heavy atom. The molecule has 1 aromatic carbocycles. The van der Waals surface area contributed by atoms with Gasteiger partial charge in [0.05, 0.1) is 25.5 Å². The molecule has 3 fully saturated rings. The topological polar surface area (TPSA) is 192 Å². The van der Waals surface area contributed by atoms with E-state index in [1.807, 2.05) is 6.08 Å². The molecule has 0 radical (unpaired) electrons. The van der Waals surface area contributed by atoms with Crippen LogP contribution in [-0.4, -0.2) is 110 Å². The molecule has 20 heteroatoms. The van der Waals surface area contributed by atoms with E-state index in [1.165, 1.54) is 26.5 Å². The number of ether oxygens (including phenoxy) is 4. The standard InChI is InChI=1S/C38H47F4N5O10S/c1-36(2,38(40,41)42)57-35(51)44-30-22(20-54-3)9-7-5-6-8-10-23-18-37(23,34(50)46-58(52,53)25-11-12-25)45-31(48)28-16-24(19-47(28)33(30)49)56-32-26-17-27(39)29(55-4)15-21(26)13-14-43-32/h8,10,13-15,17,22-25,28,30H,5-7,9,11-12,16,18-20H2,1-4H3,(H,44,51)(H,45,48)(H,46,50). The Morgan fingerprint density at radius 2 is 1.84 bits per heavy atom. The molecule has 0 bridgehead atoms. The van der Waals surface area contributed by atoms with Gasteiger partial charge in [0.15, 0.2) is 11.6 Å². The summed E-state index contributed by atoms with van der Waals surface area (Å²) in [6.07, 6.45) is -0.130. The number of benzene rings is 1. The fraction of sp³-hybridized carbons (Fsp3) is 0.605. The molecule has 2 aliphatic heterocycles. The summed E-state index contributed by atoms with van der Waals surface area (Å²) in [5.41, 5.74) is -4.62. The fourth-order valence-electron chi connectivity index (χ4n) is 7.39. The molecule has 2 aliphatic carbocycles. The molecule has 6 rings (SSSR count). The summed E-state index contributed by atoms with van der Waals surface area (Å²) < 4.78 is 105. The molecule has 3 N–H and O–H groups in total. The van der Waals surface area contributed by atoms with Crippen LogP contribution >= 0.6 is 0 Å². The third-order valence-corrected chi connectivity index (χ3v) is 12.9. The highest BCUT2D eigenvalue weighted by Crippen LogP contribution is 2.46. The molecule has 58 heavy (non-hydrogen) atoms. The second-order valence-corrected chi connectivity index (χ2v) is 17.7. The number of nitrogens with zero attached hydrogens (tertiary/aromatic N) is 2. The summed E-state index contributed by atoms with van der Waals surface area (Å²) in [4.78, 5) is 61.5. The van der Waals surface area contributed by atoms with Gasteiger partial charge in [-0.25, -0.2) is 22.6 Å². The Balaban J connectivity index is 1.36. The molecule has 3 heterocycles. The molecule has 1 aromatic heterocycles. The average molecular weight is 842 g/mol. The number of alkyl carbamates (subject to hydrolysis) is 1. The number of alkyl halides is 3. The Morgan fingerprint density at radius 3 is 2.52 bits per heavy atom. The Labute approximate surface area is 332 Å². The number of methoxy groups -OCH3 is 2. The smallest absolute Gasteiger partial charge is 0.427 e. The molecule has 4 aliphatic rings. The molecule has 2 saturated carbocycles. The first-order valence-corrected chi connectivity index (χ1v) is 20.5. The summed E-state index contributed by atoms with van der Waals surface area (Å²) in [7, 11) is -1.35. The number of carbonyl (C=O) groups is 4. The van der Waals surface area contributed by atoms with Gasteiger partial charge in [0.2, 0.25) is 33.3 Å². The number of rotatable bonds is 10. The summed E-state index contributed by atoms with van der Waals surface area (Å²) in [5, 5.41) is 5.07. The molecule has 6 atom stereocenters. The van der Waals surface area contributed by atoms with Crippen LogP contribution in [0.5, 0.6) is 11.6 Å². The normalized spacial score (nSPS) is 27.0. The number of halogens is 4. The lowest BCUT2D eigenvalue weighted by atomic mass is 9.92. The number of fused-ring (bicyclic) bond motifs is 3. The maximum atomic E-state index is 14.9. The highest BCUT2D eigenvalue weighted by atomic mass is 32.2. The number of allylic oxidation sites excluding steroid dienone is 1. The van der Waals surface area contributed by atoms with Crippen LogP contribution in [0.25, 0.3) is 10.8 Å². The van der Waals surface area contributed by atoms with Gasteiger partial charge in [0, 0.05) is 36.9 Å². The van der Waals surface area contributed by atoms with Crippen molar-refractivity contribution in [3.05, 3.63) is 42.4 Å². The van der Waals surface area contributed by atoms with Gasteiger partial charge >= 0.3 is 12.3 Å². The van der Waals surface area contributed by atoms with E-state index in [4.69, 9.17) is 18.9 Å². The van der Waals surface area contributed by atoms with Crippen molar-refractivity contribution in [3.8, 4) is 11.6 Å². The predicted molar refractivity (Wildman–Crippen MR) is 198 cm³/mol. The van der Waals surface area contributed by atoms with Crippen LogP contribution in [-0.2, 0) is 33.9 Å².